The molecule has 0 saturated heterocycles. The van der Waals surface area contributed by atoms with E-state index in [-0.39, 0.29) is 5.54 Å². The molecule has 0 radical (unpaired) electrons. The SMILES string of the molecule is OCC1(NCC2Cc3ccccc32)CCCCC1. The fourth-order valence-corrected chi connectivity index (χ4v) is 3.50. The van der Waals surface area contributed by atoms with Crippen LogP contribution in [0.5, 0.6) is 0 Å². The highest BCUT2D eigenvalue weighted by Crippen LogP contribution is 2.35. The van der Waals surface area contributed by atoms with Gasteiger partial charge in [-0.05, 0) is 30.4 Å². The highest BCUT2D eigenvalue weighted by Gasteiger charge is 2.33. The monoisotopic (exact) mass is 245 g/mol. The first-order valence-electron chi connectivity index (χ1n) is 7.27. The van der Waals surface area contributed by atoms with Crippen molar-refractivity contribution in [3.8, 4) is 0 Å². The maximum atomic E-state index is 9.68. The van der Waals surface area contributed by atoms with Gasteiger partial charge in [0, 0.05) is 18.0 Å². The Bertz CT molecular complexity index is 409. The molecular formula is C16H23NO. The number of hydrogen-bond donors (Lipinski definition) is 2. The number of hydrogen-bond acceptors (Lipinski definition) is 2. The van der Waals surface area contributed by atoms with E-state index in [0.717, 1.165) is 19.4 Å². The molecule has 0 spiro atoms. The van der Waals surface area contributed by atoms with Gasteiger partial charge in [0.15, 0.2) is 0 Å². The summed E-state index contributed by atoms with van der Waals surface area (Å²) in [6.07, 6.45) is 7.32. The maximum absolute atomic E-state index is 9.68. The van der Waals surface area contributed by atoms with Crippen molar-refractivity contribution in [1.82, 2.24) is 5.32 Å². The normalized spacial score (nSPS) is 25.3. The van der Waals surface area contributed by atoms with Crippen molar-refractivity contribution in [2.75, 3.05) is 13.2 Å². The Morgan fingerprint density at radius 1 is 1.17 bits per heavy atom. The quantitative estimate of drug-likeness (QED) is 0.854. The summed E-state index contributed by atoms with van der Waals surface area (Å²) in [6, 6.07) is 8.73. The molecule has 0 aromatic heterocycles. The number of benzene rings is 1. The summed E-state index contributed by atoms with van der Waals surface area (Å²) in [6.45, 7) is 1.32. The van der Waals surface area contributed by atoms with Crippen molar-refractivity contribution >= 4 is 0 Å². The number of aliphatic hydroxyl groups excluding tert-OH is 1. The zero-order valence-corrected chi connectivity index (χ0v) is 11.0. The lowest BCUT2D eigenvalue weighted by molar-refractivity contribution is 0.118. The lowest BCUT2D eigenvalue weighted by atomic mass is 9.76. The van der Waals surface area contributed by atoms with E-state index in [1.54, 1.807) is 0 Å². The van der Waals surface area contributed by atoms with E-state index in [9.17, 15) is 5.11 Å². The van der Waals surface area contributed by atoms with Gasteiger partial charge in [0.05, 0.1) is 6.61 Å². The zero-order chi connectivity index (χ0) is 12.4. The Morgan fingerprint density at radius 2 is 1.94 bits per heavy atom. The molecule has 1 atom stereocenters. The molecule has 2 nitrogen and oxygen atoms in total. The molecule has 2 heteroatoms. The number of nitrogens with one attached hydrogen (secondary N) is 1. The molecule has 0 heterocycles. The minimum atomic E-state index is 0.0167. The average molecular weight is 245 g/mol. The van der Waals surface area contributed by atoms with Crippen LogP contribution in [0.4, 0.5) is 0 Å². The maximum Gasteiger partial charge on any atom is 0.0613 e. The average Bonchev–Trinajstić information content (AvgIpc) is 2.41. The predicted octanol–water partition coefficient (Wildman–Crippen LogP) is 2.61. The van der Waals surface area contributed by atoms with Crippen molar-refractivity contribution in [1.29, 1.82) is 0 Å². The largest absolute Gasteiger partial charge is 0.394 e. The van der Waals surface area contributed by atoms with Gasteiger partial charge in [-0.25, -0.2) is 0 Å². The van der Waals surface area contributed by atoms with Crippen LogP contribution in [-0.4, -0.2) is 23.8 Å². The second-order valence-electron chi connectivity index (χ2n) is 5.98. The van der Waals surface area contributed by atoms with E-state index in [0.29, 0.717) is 12.5 Å². The summed E-state index contributed by atoms with van der Waals surface area (Å²) in [7, 11) is 0. The van der Waals surface area contributed by atoms with Crippen LogP contribution in [0, 0.1) is 0 Å². The first-order chi connectivity index (χ1) is 8.83. The van der Waals surface area contributed by atoms with E-state index in [2.05, 4.69) is 29.6 Å². The van der Waals surface area contributed by atoms with E-state index in [1.807, 2.05) is 0 Å². The van der Waals surface area contributed by atoms with Crippen molar-refractivity contribution < 1.29 is 5.11 Å². The number of rotatable bonds is 4. The summed E-state index contributed by atoms with van der Waals surface area (Å²) >= 11 is 0. The van der Waals surface area contributed by atoms with Crippen LogP contribution in [0.25, 0.3) is 0 Å². The molecule has 1 fully saturated rings. The first kappa shape index (κ1) is 12.2. The van der Waals surface area contributed by atoms with E-state index in [1.165, 1.54) is 36.8 Å². The highest BCUT2D eigenvalue weighted by atomic mass is 16.3. The summed E-state index contributed by atoms with van der Waals surface area (Å²) in [5.74, 6) is 0.659. The van der Waals surface area contributed by atoms with E-state index < -0.39 is 0 Å². The molecule has 0 amide bonds. The van der Waals surface area contributed by atoms with E-state index in [4.69, 9.17) is 0 Å². The molecule has 2 aliphatic rings. The molecule has 2 N–H and O–H groups in total. The first-order valence-corrected chi connectivity index (χ1v) is 7.27. The molecule has 2 aliphatic carbocycles. The van der Waals surface area contributed by atoms with Gasteiger partial charge >= 0.3 is 0 Å². The van der Waals surface area contributed by atoms with Gasteiger partial charge in [0.25, 0.3) is 0 Å². The van der Waals surface area contributed by atoms with Crippen LogP contribution < -0.4 is 5.32 Å². The second kappa shape index (κ2) is 5.02. The van der Waals surface area contributed by atoms with Crippen LogP contribution >= 0.6 is 0 Å². The lowest BCUT2D eigenvalue weighted by Crippen LogP contribution is -2.51. The van der Waals surface area contributed by atoms with Crippen LogP contribution in [0.2, 0.25) is 0 Å². The molecule has 0 aliphatic heterocycles. The third kappa shape index (κ3) is 2.19. The van der Waals surface area contributed by atoms with Gasteiger partial charge < -0.3 is 10.4 Å². The van der Waals surface area contributed by atoms with Crippen LogP contribution in [0.1, 0.15) is 49.1 Å². The standard InChI is InChI=1S/C16H23NO/c18-12-16(8-4-1-5-9-16)17-11-14-10-13-6-2-3-7-15(13)14/h2-3,6-7,14,17-18H,1,4-5,8-12H2. The van der Waals surface area contributed by atoms with Crippen LogP contribution in [0.15, 0.2) is 24.3 Å². The van der Waals surface area contributed by atoms with Crippen molar-refractivity contribution in [3.63, 3.8) is 0 Å². The van der Waals surface area contributed by atoms with Crippen LogP contribution in [0.3, 0.4) is 0 Å². The summed E-state index contributed by atoms with van der Waals surface area (Å²) in [5.41, 5.74) is 3.03. The minimum absolute atomic E-state index is 0.0167. The highest BCUT2D eigenvalue weighted by molar-refractivity contribution is 5.40. The molecule has 1 aromatic rings. The van der Waals surface area contributed by atoms with Gasteiger partial charge in [0.2, 0.25) is 0 Å². The molecule has 0 bridgehead atoms. The van der Waals surface area contributed by atoms with Gasteiger partial charge in [-0.1, -0.05) is 43.5 Å². The molecule has 1 saturated carbocycles. The predicted molar refractivity (Wildman–Crippen MR) is 73.8 cm³/mol. The number of aliphatic hydroxyl groups is 1. The molecular weight excluding hydrogens is 222 g/mol. The Hall–Kier alpha value is -0.860. The fraction of sp³-hybridized carbons (Fsp3) is 0.625. The molecule has 1 unspecified atom stereocenters. The van der Waals surface area contributed by atoms with Crippen molar-refractivity contribution in [2.45, 2.75) is 50.0 Å². The molecule has 1 aromatic carbocycles. The van der Waals surface area contributed by atoms with Crippen molar-refractivity contribution in [2.24, 2.45) is 0 Å². The summed E-state index contributed by atoms with van der Waals surface area (Å²) in [5, 5.41) is 13.4. The molecule has 3 rings (SSSR count). The third-order valence-corrected chi connectivity index (χ3v) is 4.80. The summed E-state index contributed by atoms with van der Waals surface area (Å²) < 4.78 is 0. The fourth-order valence-electron chi connectivity index (χ4n) is 3.50. The van der Waals surface area contributed by atoms with Crippen LogP contribution in [-0.2, 0) is 6.42 Å². The van der Waals surface area contributed by atoms with E-state index >= 15 is 0 Å². The zero-order valence-electron chi connectivity index (χ0n) is 11.0. The third-order valence-electron chi connectivity index (χ3n) is 4.80. The van der Waals surface area contributed by atoms with Crippen molar-refractivity contribution in [3.05, 3.63) is 35.4 Å². The van der Waals surface area contributed by atoms with Gasteiger partial charge in [-0.2, -0.15) is 0 Å². The molecule has 18 heavy (non-hydrogen) atoms. The smallest absolute Gasteiger partial charge is 0.0613 e. The Labute approximate surface area is 109 Å². The van der Waals surface area contributed by atoms with Gasteiger partial charge in [-0.3, -0.25) is 0 Å². The van der Waals surface area contributed by atoms with Gasteiger partial charge in [0.1, 0.15) is 0 Å². The number of fused-ring (bicyclic) bond motifs is 1. The minimum Gasteiger partial charge on any atom is -0.394 e. The lowest BCUT2D eigenvalue weighted by Gasteiger charge is -2.40. The second-order valence-corrected chi connectivity index (χ2v) is 5.98. The Morgan fingerprint density at radius 3 is 2.67 bits per heavy atom. The Balaban J connectivity index is 1.59. The summed E-state index contributed by atoms with van der Waals surface area (Å²) in [4.78, 5) is 0. The molecule has 98 valence electrons. The Kier molecular flexibility index (Phi) is 3.40. The topological polar surface area (TPSA) is 32.3 Å². The van der Waals surface area contributed by atoms with Gasteiger partial charge in [-0.15, -0.1) is 0 Å².